The van der Waals surface area contributed by atoms with Crippen molar-refractivity contribution >= 4 is 40.5 Å². The Labute approximate surface area is 135 Å². The van der Waals surface area contributed by atoms with Crippen molar-refractivity contribution in [3.8, 4) is 0 Å². The van der Waals surface area contributed by atoms with Gasteiger partial charge in [0.1, 0.15) is 0 Å². The van der Waals surface area contributed by atoms with Crippen molar-refractivity contribution in [3.05, 3.63) is 41.3 Å². The molecule has 1 nitrogen and oxygen atoms in total. The van der Waals surface area contributed by atoms with Gasteiger partial charge in [0.25, 0.3) is 5.76 Å². The van der Waals surface area contributed by atoms with Crippen molar-refractivity contribution < 1.29 is 8.78 Å². The van der Waals surface area contributed by atoms with Gasteiger partial charge in [-0.25, -0.2) is 0 Å². The topological polar surface area (TPSA) is 12.0 Å². The summed E-state index contributed by atoms with van der Waals surface area (Å²) in [4.78, 5) is 0.597. The normalized spacial score (nSPS) is 21.3. The van der Waals surface area contributed by atoms with Crippen LogP contribution in [0, 0.1) is 0 Å². The number of halogens is 2. The van der Waals surface area contributed by atoms with Gasteiger partial charge in [0.05, 0.1) is 10.3 Å². The van der Waals surface area contributed by atoms with Crippen LogP contribution in [0.3, 0.4) is 0 Å². The number of nitrogens with one attached hydrogen (secondary N) is 1. The second-order valence-electron chi connectivity index (χ2n) is 4.93. The van der Waals surface area contributed by atoms with Crippen LogP contribution in [0.2, 0.25) is 0 Å². The third-order valence-electron chi connectivity index (χ3n) is 3.33. The van der Waals surface area contributed by atoms with Gasteiger partial charge in [-0.1, -0.05) is 18.7 Å². The smallest absolute Gasteiger partial charge is 0.288 e. The summed E-state index contributed by atoms with van der Waals surface area (Å²) in [5.41, 5.74) is 2.34. The lowest BCUT2D eigenvalue weighted by Crippen LogP contribution is -2.18. The number of benzene rings is 1. The van der Waals surface area contributed by atoms with Gasteiger partial charge < -0.3 is 5.32 Å². The van der Waals surface area contributed by atoms with Crippen LogP contribution in [0.5, 0.6) is 0 Å². The Morgan fingerprint density at radius 2 is 2.00 bits per heavy atom. The molecule has 1 aliphatic rings. The lowest BCUT2D eigenvalue weighted by molar-refractivity contribution is 0.252. The molecule has 2 atom stereocenters. The second kappa shape index (κ2) is 6.58. The first-order valence-electron chi connectivity index (χ1n) is 6.67. The molecule has 6 heteroatoms. The minimum absolute atomic E-state index is 0.302. The summed E-state index contributed by atoms with van der Waals surface area (Å²) >= 11 is 4.30. The summed E-state index contributed by atoms with van der Waals surface area (Å²) in [5.74, 6) is -2.37. The molecule has 1 aromatic heterocycles. The van der Waals surface area contributed by atoms with Crippen LogP contribution in [-0.2, 0) is 0 Å². The molecule has 0 radical (unpaired) electrons. The number of hydrogen-bond donors (Lipinski definition) is 1. The quantitative estimate of drug-likeness (QED) is 0.674. The lowest BCUT2D eigenvalue weighted by Gasteiger charge is -2.28. The first kappa shape index (κ1) is 15.2. The number of rotatable bonds is 4. The highest BCUT2D eigenvalue weighted by Crippen LogP contribution is 2.45. The van der Waals surface area contributed by atoms with Crippen molar-refractivity contribution in [1.82, 2.24) is 0 Å². The van der Waals surface area contributed by atoms with Crippen LogP contribution in [0.15, 0.2) is 44.8 Å². The fourth-order valence-corrected chi connectivity index (χ4v) is 5.49. The van der Waals surface area contributed by atoms with Crippen LogP contribution in [0.1, 0.15) is 24.9 Å². The molecule has 2 aromatic rings. The number of hydrogen-bond acceptors (Lipinski definition) is 4. The molecule has 3 rings (SSSR count). The number of thiophene rings is 1. The van der Waals surface area contributed by atoms with Crippen LogP contribution >= 0.6 is 34.9 Å². The first-order valence-corrected chi connectivity index (χ1v) is 9.31. The Balaban J connectivity index is 1.72. The van der Waals surface area contributed by atoms with E-state index in [2.05, 4.69) is 23.7 Å². The third-order valence-corrected chi connectivity index (χ3v) is 6.40. The van der Waals surface area contributed by atoms with E-state index in [1.807, 2.05) is 23.9 Å². The van der Waals surface area contributed by atoms with Crippen LogP contribution in [-0.4, -0.2) is 11.0 Å². The van der Waals surface area contributed by atoms with E-state index in [4.69, 9.17) is 0 Å². The van der Waals surface area contributed by atoms with E-state index in [-0.39, 0.29) is 0 Å². The fourth-order valence-electron chi connectivity index (χ4n) is 2.42. The van der Waals surface area contributed by atoms with Crippen LogP contribution < -0.4 is 5.32 Å². The van der Waals surface area contributed by atoms with E-state index in [0.717, 1.165) is 12.1 Å². The molecule has 0 bridgehead atoms. The maximum atomic E-state index is 12.3. The van der Waals surface area contributed by atoms with Crippen molar-refractivity contribution in [1.29, 1.82) is 0 Å². The summed E-state index contributed by atoms with van der Waals surface area (Å²) in [6, 6.07) is 9.73. The van der Waals surface area contributed by atoms with Gasteiger partial charge in [-0.2, -0.15) is 8.78 Å². The molecule has 1 aliphatic heterocycles. The van der Waals surface area contributed by atoms with Crippen molar-refractivity contribution in [2.45, 2.75) is 39.5 Å². The Morgan fingerprint density at radius 1 is 1.24 bits per heavy atom. The summed E-state index contributed by atoms with van der Waals surface area (Å²) < 4.78 is 26.0. The van der Waals surface area contributed by atoms with E-state index in [1.165, 1.54) is 9.77 Å². The average molecular weight is 343 g/mol. The maximum absolute atomic E-state index is 12.3. The number of alkyl halides is 2. The van der Waals surface area contributed by atoms with Crippen molar-refractivity contribution in [2.75, 3.05) is 5.32 Å². The minimum atomic E-state index is -2.37. The molecule has 0 amide bonds. The molecular weight excluding hydrogens is 328 g/mol. The molecule has 2 heterocycles. The molecule has 0 aliphatic carbocycles. The molecular formula is C15H15F2NS3. The van der Waals surface area contributed by atoms with Gasteiger partial charge in [-0.05, 0) is 47.7 Å². The molecule has 0 fully saturated rings. The third kappa shape index (κ3) is 3.73. The van der Waals surface area contributed by atoms with Gasteiger partial charge in [0, 0.05) is 15.8 Å². The minimum Gasteiger partial charge on any atom is -0.378 e. The SMILES string of the molecule is C[C@H]1CC(Nc2ccc(SC(F)F)cc2)c2ccsc2S1. The predicted molar refractivity (Wildman–Crippen MR) is 88.9 cm³/mol. The van der Waals surface area contributed by atoms with Crippen LogP contribution in [0.4, 0.5) is 14.5 Å². The predicted octanol–water partition coefficient (Wildman–Crippen LogP) is 6.10. The highest BCUT2D eigenvalue weighted by atomic mass is 32.2. The zero-order chi connectivity index (χ0) is 14.8. The van der Waals surface area contributed by atoms with Gasteiger partial charge in [0.2, 0.25) is 0 Å². The number of thioether (sulfide) groups is 2. The Bertz CT molecular complexity index is 597. The monoisotopic (exact) mass is 343 g/mol. The van der Waals surface area contributed by atoms with Gasteiger partial charge in [-0.3, -0.25) is 0 Å². The summed E-state index contributed by atoms with van der Waals surface area (Å²) in [7, 11) is 0. The van der Waals surface area contributed by atoms with E-state index < -0.39 is 5.76 Å². The molecule has 1 N–H and O–H groups in total. The molecule has 112 valence electrons. The zero-order valence-electron chi connectivity index (χ0n) is 11.4. The average Bonchev–Trinajstić information content (AvgIpc) is 2.88. The standard InChI is InChI=1S/C15H15F2NS3/c1-9-8-13(12-6-7-19-14(12)20-9)18-10-2-4-11(5-3-10)21-15(16)17/h2-7,9,13,15,18H,8H2,1H3/t9-,13?/m0/s1. The number of anilines is 1. The largest absolute Gasteiger partial charge is 0.378 e. The highest BCUT2D eigenvalue weighted by Gasteiger charge is 2.26. The summed E-state index contributed by atoms with van der Waals surface area (Å²) in [5, 5.41) is 6.25. The molecule has 1 aromatic carbocycles. The van der Waals surface area contributed by atoms with Gasteiger partial charge in [0.15, 0.2) is 0 Å². The first-order chi connectivity index (χ1) is 10.1. The van der Waals surface area contributed by atoms with E-state index in [0.29, 0.717) is 27.9 Å². The summed E-state index contributed by atoms with van der Waals surface area (Å²) in [6.07, 6.45) is 1.07. The second-order valence-corrected chi connectivity index (χ2v) is 8.61. The maximum Gasteiger partial charge on any atom is 0.288 e. The number of fused-ring (bicyclic) bond motifs is 1. The Morgan fingerprint density at radius 3 is 2.71 bits per heavy atom. The Kier molecular flexibility index (Phi) is 4.76. The van der Waals surface area contributed by atoms with E-state index in [9.17, 15) is 8.78 Å². The van der Waals surface area contributed by atoms with Crippen LogP contribution in [0.25, 0.3) is 0 Å². The summed E-state index contributed by atoms with van der Waals surface area (Å²) in [6.45, 7) is 2.24. The molecule has 0 spiro atoms. The zero-order valence-corrected chi connectivity index (χ0v) is 13.8. The highest BCUT2D eigenvalue weighted by molar-refractivity contribution is 8.01. The van der Waals surface area contributed by atoms with Crippen molar-refractivity contribution in [3.63, 3.8) is 0 Å². The Hall–Kier alpha value is -0.720. The fraction of sp³-hybridized carbons (Fsp3) is 0.333. The molecule has 0 saturated carbocycles. The van der Waals surface area contributed by atoms with Gasteiger partial charge >= 0.3 is 0 Å². The lowest BCUT2D eigenvalue weighted by atomic mass is 10.0. The van der Waals surface area contributed by atoms with Crippen molar-refractivity contribution in [2.24, 2.45) is 0 Å². The molecule has 21 heavy (non-hydrogen) atoms. The van der Waals surface area contributed by atoms with E-state index in [1.54, 1.807) is 23.5 Å². The molecule has 1 unspecified atom stereocenters. The van der Waals surface area contributed by atoms with E-state index >= 15 is 0 Å². The molecule has 0 saturated heterocycles. The van der Waals surface area contributed by atoms with Gasteiger partial charge in [-0.15, -0.1) is 23.1 Å².